The number of pyridine rings is 1. The van der Waals surface area contributed by atoms with Gasteiger partial charge in [-0.05, 0) is 43.4 Å². The molecule has 1 aromatic heterocycles. The van der Waals surface area contributed by atoms with Crippen molar-refractivity contribution in [1.29, 1.82) is 0 Å². The van der Waals surface area contributed by atoms with Crippen LogP contribution in [0.3, 0.4) is 0 Å². The SMILES string of the molecule is CC(NC(=O)CC1C=CCC1)c1ccncc1. The third-order valence-electron chi connectivity index (χ3n) is 3.14. The number of carbonyl (C=O) groups excluding carboxylic acids is 1. The van der Waals surface area contributed by atoms with Crippen LogP contribution in [0.1, 0.15) is 37.8 Å². The molecule has 0 saturated carbocycles. The second-order valence-electron chi connectivity index (χ2n) is 4.54. The van der Waals surface area contributed by atoms with Crippen LogP contribution in [0.25, 0.3) is 0 Å². The zero-order valence-electron chi connectivity index (χ0n) is 10.1. The summed E-state index contributed by atoms with van der Waals surface area (Å²) in [4.78, 5) is 15.8. The lowest BCUT2D eigenvalue weighted by Crippen LogP contribution is -2.27. The van der Waals surface area contributed by atoms with Gasteiger partial charge < -0.3 is 5.32 Å². The molecule has 1 aromatic rings. The highest BCUT2D eigenvalue weighted by atomic mass is 16.1. The van der Waals surface area contributed by atoms with Gasteiger partial charge in [0.05, 0.1) is 6.04 Å². The summed E-state index contributed by atoms with van der Waals surface area (Å²) in [6, 6.07) is 3.91. The number of rotatable bonds is 4. The number of amides is 1. The molecule has 0 radical (unpaired) electrons. The summed E-state index contributed by atoms with van der Waals surface area (Å²) in [5.74, 6) is 0.561. The van der Waals surface area contributed by atoms with Crippen molar-refractivity contribution in [3.8, 4) is 0 Å². The van der Waals surface area contributed by atoms with Crippen molar-refractivity contribution >= 4 is 5.91 Å². The number of allylic oxidation sites excluding steroid dienone is 2. The molecule has 1 N–H and O–H groups in total. The van der Waals surface area contributed by atoms with Crippen LogP contribution in [0.4, 0.5) is 0 Å². The summed E-state index contributed by atoms with van der Waals surface area (Å²) in [7, 11) is 0. The van der Waals surface area contributed by atoms with Crippen LogP contribution in [0.2, 0.25) is 0 Å². The monoisotopic (exact) mass is 230 g/mol. The van der Waals surface area contributed by atoms with Crippen molar-refractivity contribution < 1.29 is 4.79 Å². The first-order valence-corrected chi connectivity index (χ1v) is 6.11. The average molecular weight is 230 g/mol. The van der Waals surface area contributed by atoms with Gasteiger partial charge in [-0.3, -0.25) is 9.78 Å². The number of nitrogens with one attached hydrogen (secondary N) is 1. The predicted molar refractivity (Wildman–Crippen MR) is 67.3 cm³/mol. The van der Waals surface area contributed by atoms with E-state index in [1.807, 2.05) is 19.1 Å². The Bertz CT molecular complexity index is 400. The zero-order valence-corrected chi connectivity index (χ0v) is 10.1. The van der Waals surface area contributed by atoms with Crippen molar-refractivity contribution in [3.05, 3.63) is 42.2 Å². The molecule has 1 aliphatic carbocycles. The Kier molecular flexibility index (Phi) is 3.91. The summed E-state index contributed by atoms with van der Waals surface area (Å²) < 4.78 is 0. The molecule has 0 aromatic carbocycles. The fourth-order valence-electron chi connectivity index (χ4n) is 2.14. The highest BCUT2D eigenvalue weighted by molar-refractivity contribution is 5.76. The molecule has 0 bridgehead atoms. The second kappa shape index (κ2) is 5.62. The number of hydrogen-bond donors (Lipinski definition) is 1. The first kappa shape index (κ1) is 11.8. The summed E-state index contributed by atoms with van der Waals surface area (Å²) in [6.07, 6.45) is 10.6. The Morgan fingerprint density at radius 1 is 1.53 bits per heavy atom. The number of hydrogen-bond acceptors (Lipinski definition) is 2. The lowest BCUT2D eigenvalue weighted by Gasteiger charge is -2.15. The average Bonchev–Trinajstić information content (AvgIpc) is 2.82. The molecule has 2 unspecified atom stereocenters. The molecule has 3 heteroatoms. The van der Waals surface area contributed by atoms with Crippen molar-refractivity contribution in [2.45, 2.75) is 32.2 Å². The first-order chi connectivity index (χ1) is 8.25. The molecule has 1 aliphatic rings. The van der Waals surface area contributed by atoms with E-state index in [0.29, 0.717) is 12.3 Å². The van der Waals surface area contributed by atoms with Crippen LogP contribution in [0.15, 0.2) is 36.7 Å². The molecule has 1 heterocycles. The van der Waals surface area contributed by atoms with Crippen LogP contribution < -0.4 is 5.32 Å². The zero-order chi connectivity index (χ0) is 12.1. The van der Waals surface area contributed by atoms with E-state index in [1.165, 1.54) is 0 Å². The normalized spacial score (nSPS) is 20.2. The van der Waals surface area contributed by atoms with Crippen LogP contribution in [-0.2, 0) is 4.79 Å². The Morgan fingerprint density at radius 3 is 2.94 bits per heavy atom. The van der Waals surface area contributed by atoms with Crippen LogP contribution >= 0.6 is 0 Å². The highest BCUT2D eigenvalue weighted by Crippen LogP contribution is 2.20. The third kappa shape index (κ3) is 3.41. The van der Waals surface area contributed by atoms with Crippen LogP contribution in [-0.4, -0.2) is 10.9 Å². The van der Waals surface area contributed by atoms with E-state index in [1.54, 1.807) is 12.4 Å². The largest absolute Gasteiger partial charge is 0.350 e. The summed E-state index contributed by atoms with van der Waals surface area (Å²) in [5.41, 5.74) is 1.09. The molecule has 17 heavy (non-hydrogen) atoms. The molecule has 1 amide bonds. The van der Waals surface area contributed by atoms with E-state index in [4.69, 9.17) is 0 Å². The second-order valence-corrected chi connectivity index (χ2v) is 4.54. The van der Waals surface area contributed by atoms with E-state index < -0.39 is 0 Å². The standard InChI is InChI=1S/C14H18N2O/c1-11(13-6-8-15-9-7-13)16-14(17)10-12-4-2-3-5-12/h2,4,6-9,11-12H,3,5,10H2,1H3,(H,16,17). The maximum absolute atomic E-state index is 11.8. The quantitative estimate of drug-likeness (QED) is 0.808. The van der Waals surface area contributed by atoms with Crippen molar-refractivity contribution in [2.75, 3.05) is 0 Å². The van der Waals surface area contributed by atoms with Gasteiger partial charge in [-0.1, -0.05) is 12.2 Å². The Hall–Kier alpha value is -1.64. The van der Waals surface area contributed by atoms with Gasteiger partial charge in [0.15, 0.2) is 0 Å². The van der Waals surface area contributed by atoms with E-state index in [-0.39, 0.29) is 11.9 Å². The maximum atomic E-state index is 11.8. The highest BCUT2D eigenvalue weighted by Gasteiger charge is 2.15. The Morgan fingerprint density at radius 2 is 2.29 bits per heavy atom. The maximum Gasteiger partial charge on any atom is 0.221 e. The Labute approximate surface area is 102 Å². The minimum absolute atomic E-state index is 0.0517. The van der Waals surface area contributed by atoms with Gasteiger partial charge in [0.2, 0.25) is 5.91 Å². The van der Waals surface area contributed by atoms with Gasteiger partial charge in [-0.25, -0.2) is 0 Å². The molecule has 90 valence electrons. The van der Waals surface area contributed by atoms with Gasteiger partial charge in [0.1, 0.15) is 0 Å². The van der Waals surface area contributed by atoms with E-state index in [0.717, 1.165) is 18.4 Å². The molecular weight excluding hydrogens is 212 g/mol. The summed E-state index contributed by atoms with van der Waals surface area (Å²) in [5, 5.41) is 3.02. The molecule has 0 spiro atoms. The van der Waals surface area contributed by atoms with Gasteiger partial charge in [-0.15, -0.1) is 0 Å². The molecule has 0 fully saturated rings. The molecule has 3 nitrogen and oxygen atoms in total. The van der Waals surface area contributed by atoms with Gasteiger partial charge in [-0.2, -0.15) is 0 Å². The van der Waals surface area contributed by atoms with E-state index in [2.05, 4.69) is 22.5 Å². The third-order valence-corrected chi connectivity index (χ3v) is 3.14. The van der Waals surface area contributed by atoms with Gasteiger partial charge in [0, 0.05) is 18.8 Å². The fraction of sp³-hybridized carbons (Fsp3) is 0.429. The first-order valence-electron chi connectivity index (χ1n) is 6.11. The smallest absolute Gasteiger partial charge is 0.221 e. The van der Waals surface area contributed by atoms with Gasteiger partial charge in [0.25, 0.3) is 0 Å². The topological polar surface area (TPSA) is 42.0 Å². The Balaban J connectivity index is 1.84. The fourth-order valence-corrected chi connectivity index (χ4v) is 2.14. The minimum Gasteiger partial charge on any atom is -0.350 e. The summed E-state index contributed by atoms with van der Waals surface area (Å²) >= 11 is 0. The molecule has 0 aliphatic heterocycles. The lowest BCUT2D eigenvalue weighted by atomic mass is 10.0. The van der Waals surface area contributed by atoms with Crippen molar-refractivity contribution in [1.82, 2.24) is 10.3 Å². The van der Waals surface area contributed by atoms with Crippen molar-refractivity contribution in [2.24, 2.45) is 5.92 Å². The number of carbonyl (C=O) groups is 1. The number of aromatic nitrogens is 1. The van der Waals surface area contributed by atoms with Gasteiger partial charge >= 0.3 is 0 Å². The lowest BCUT2D eigenvalue weighted by molar-refractivity contribution is -0.122. The molecule has 0 saturated heterocycles. The number of nitrogens with zero attached hydrogens (tertiary/aromatic N) is 1. The van der Waals surface area contributed by atoms with Crippen molar-refractivity contribution in [3.63, 3.8) is 0 Å². The summed E-state index contributed by atoms with van der Waals surface area (Å²) in [6.45, 7) is 2.00. The molecule has 2 rings (SSSR count). The van der Waals surface area contributed by atoms with Crippen LogP contribution in [0.5, 0.6) is 0 Å². The van der Waals surface area contributed by atoms with Crippen LogP contribution in [0, 0.1) is 5.92 Å². The minimum atomic E-state index is 0.0517. The van der Waals surface area contributed by atoms with E-state index in [9.17, 15) is 4.79 Å². The van der Waals surface area contributed by atoms with E-state index >= 15 is 0 Å². The molecular formula is C14H18N2O. The predicted octanol–water partition coefficient (Wildman–Crippen LogP) is 2.62. The molecule has 2 atom stereocenters.